The first-order chi connectivity index (χ1) is 17.0. The molecule has 186 valence electrons. The molecule has 0 aliphatic heterocycles. The molecule has 7 heteroatoms. The zero-order chi connectivity index (χ0) is 25.5. The summed E-state index contributed by atoms with van der Waals surface area (Å²) in [6, 6.07) is 20.8. The monoisotopic (exact) mass is 477 g/mol. The van der Waals surface area contributed by atoms with Crippen molar-refractivity contribution in [2.75, 3.05) is 43.9 Å². The molecule has 0 radical (unpaired) electrons. The number of aromatic hydroxyl groups is 1. The molecule has 7 nitrogen and oxygen atoms in total. The molecular formula is C28H35N3O4. The van der Waals surface area contributed by atoms with Crippen molar-refractivity contribution in [3.8, 4) is 16.9 Å². The number of aliphatic hydroxyl groups is 1. The number of anilines is 2. The Morgan fingerprint density at radius 2 is 1.69 bits per heavy atom. The molecule has 0 fully saturated rings. The van der Waals surface area contributed by atoms with Crippen LogP contribution in [0.1, 0.15) is 40.5 Å². The zero-order valence-electron chi connectivity index (χ0n) is 20.4. The maximum Gasteiger partial charge on any atom is 0.161 e. The second-order valence-electron chi connectivity index (χ2n) is 7.93. The molecule has 35 heavy (non-hydrogen) atoms. The van der Waals surface area contributed by atoms with Crippen LogP contribution in [0.25, 0.3) is 11.1 Å². The molecule has 3 aromatic rings. The Labute approximate surface area is 207 Å². The van der Waals surface area contributed by atoms with Gasteiger partial charge in [0.05, 0.1) is 5.56 Å². The minimum Gasteiger partial charge on any atom is -0.507 e. The van der Waals surface area contributed by atoms with Gasteiger partial charge in [0, 0.05) is 43.7 Å². The first-order valence-electron chi connectivity index (χ1n) is 11.7. The van der Waals surface area contributed by atoms with Gasteiger partial charge in [0.2, 0.25) is 0 Å². The molecule has 5 N–H and O–H groups in total. The predicted octanol–water partition coefficient (Wildman–Crippen LogP) is 4.58. The fourth-order valence-corrected chi connectivity index (χ4v) is 3.41. The highest BCUT2D eigenvalue weighted by atomic mass is 16.3. The molecular weight excluding hydrogens is 442 g/mol. The second kappa shape index (κ2) is 15.3. The summed E-state index contributed by atoms with van der Waals surface area (Å²) in [6.45, 7) is 4.25. The number of aliphatic hydroxyl groups excluding tert-OH is 1. The maximum absolute atomic E-state index is 11.4. The summed E-state index contributed by atoms with van der Waals surface area (Å²) in [5, 5.41) is 27.4. The van der Waals surface area contributed by atoms with Crippen molar-refractivity contribution in [3.05, 3.63) is 77.9 Å². The lowest BCUT2D eigenvalue weighted by molar-refractivity contribution is 0.101. The molecule has 0 aromatic heterocycles. The third-order valence-corrected chi connectivity index (χ3v) is 5.32. The normalized spacial score (nSPS) is 10.1. The van der Waals surface area contributed by atoms with Crippen LogP contribution in [0, 0.1) is 0 Å². The zero-order valence-corrected chi connectivity index (χ0v) is 20.4. The van der Waals surface area contributed by atoms with Crippen molar-refractivity contribution in [2.45, 2.75) is 19.8 Å². The average molecular weight is 478 g/mol. The molecule has 0 aliphatic carbocycles. The van der Waals surface area contributed by atoms with Crippen LogP contribution in [0.2, 0.25) is 0 Å². The predicted molar refractivity (Wildman–Crippen MR) is 143 cm³/mol. The summed E-state index contributed by atoms with van der Waals surface area (Å²) in [6.07, 6.45) is 2.42. The summed E-state index contributed by atoms with van der Waals surface area (Å²) in [5.74, 6) is 0.0756. The number of benzene rings is 3. The Morgan fingerprint density at radius 3 is 2.34 bits per heavy atom. The number of Topliss-reactive ketones (excluding diaryl/α,β-unsaturated/α-hetero) is 1. The number of aldehydes is 1. The summed E-state index contributed by atoms with van der Waals surface area (Å²) < 4.78 is 0. The summed E-state index contributed by atoms with van der Waals surface area (Å²) in [5.41, 5.74) is 4.97. The highest BCUT2D eigenvalue weighted by Gasteiger charge is 2.07. The number of carbonyl (C=O) groups excluding carboxylic acids is 2. The third-order valence-electron chi connectivity index (χ3n) is 5.32. The molecule has 0 aliphatic rings. The van der Waals surface area contributed by atoms with E-state index in [1.807, 2.05) is 43.4 Å². The number of carbonyl (C=O) groups is 2. The van der Waals surface area contributed by atoms with Crippen molar-refractivity contribution >= 4 is 23.4 Å². The molecule has 0 bridgehead atoms. The van der Waals surface area contributed by atoms with E-state index in [-0.39, 0.29) is 23.7 Å². The van der Waals surface area contributed by atoms with Crippen molar-refractivity contribution in [3.63, 3.8) is 0 Å². The Kier molecular flexibility index (Phi) is 12.0. The fraction of sp³-hybridized carbons (Fsp3) is 0.286. The van der Waals surface area contributed by atoms with Gasteiger partial charge in [-0.3, -0.25) is 9.59 Å². The topological polar surface area (TPSA) is 111 Å². The van der Waals surface area contributed by atoms with Gasteiger partial charge in [-0.25, -0.2) is 0 Å². The van der Waals surface area contributed by atoms with Crippen LogP contribution in [0.3, 0.4) is 0 Å². The van der Waals surface area contributed by atoms with E-state index in [9.17, 15) is 14.7 Å². The van der Waals surface area contributed by atoms with Gasteiger partial charge >= 0.3 is 0 Å². The van der Waals surface area contributed by atoms with Crippen LogP contribution in [-0.4, -0.2) is 55.6 Å². The van der Waals surface area contributed by atoms with Gasteiger partial charge in [-0.05, 0) is 67.8 Å². The number of hydrogen-bond donors (Lipinski definition) is 5. The van der Waals surface area contributed by atoms with Crippen LogP contribution in [0.15, 0.2) is 66.7 Å². The highest BCUT2D eigenvalue weighted by molar-refractivity contribution is 6.00. The molecule has 0 unspecified atom stereocenters. The Bertz CT molecular complexity index is 1070. The Hall–Kier alpha value is -3.68. The van der Waals surface area contributed by atoms with Crippen molar-refractivity contribution in [2.24, 2.45) is 0 Å². The quantitative estimate of drug-likeness (QED) is 0.112. The van der Waals surface area contributed by atoms with Gasteiger partial charge in [0.25, 0.3) is 0 Å². The lowest BCUT2D eigenvalue weighted by Crippen LogP contribution is -2.23. The van der Waals surface area contributed by atoms with E-state index >= 15 is 0 Å². The molecule has 3 aromatic carbocycles. The van der Waals surface area contributed by atoms with Gasteiger partial charge in [-0.1, -0.05) is 36.4 Å². The van der Waals surface area contributed by atoms with E-state index in [0.29, 0.717) is 6.29 Å². The van der Waals surface area contributed by atoms with E-state index in [4.69, 9.17) is 5.11 Å². The van der Waals surface area contributed by atoms with Crippen LogP contribution in [-0.2, 0) is 0 Å². The molecule has 0 atom stereocenters. The van der Waals surface area contributed by atoms with E-state index in [0.717, 1.165) is 60.5 Å². The lowest BCUT2D eigenvalue weighted by atomic mass is 10.0. The van der Waals surface area contributed by atoms with Crippen molar-refractivity contribution in [1.82, 2.24) is 5.32 Å². The summed E-state index contributed by atoms with van der Waals surface area (Å²) in [4.78, 5) is 22.1. The fourth-order valence-electron chi connectivity index (χ4n) is 3.41. The van der Waals surface area contributed by atoms with Gasteiger partial charge in [-0.15, -0.1) is 0 Å². The number of hydrogen-bond acceptors (Lipinski definition) is 7. The molecule has 0 heterocycles. The summed E-state index contributed by atoms with van der Waals surface area (Å²) in [7, 11) is 1.83. The SMILES string of the molecule is CNc1cc(-c2ccccc2)ccc1C(C)=O.O=Cc1cc(NCCNCCCCO)ccc1O. The summed E-state index contributed by atoms with van der Waals surface area (Å²) >= 11 is 0. The van der Waals surface area contributed by atoms with E-state index < -0.39 is 0 Å². The number of nitrogens with one attached hydrogen (secondary N) is 3. The standard InChI is InChI=1S/C15H15NO.C13H20N2O3/c1-11(17)14-9-8-13(10-15(14)16-2)12-6-4-3-5-7-12;16-8-2-1-5-14-6-7-15-12-3-4-13(18)11(9-12)10-17/h3-10,16H,1-2H3;3-4,9-10,14-16,18H,1-2,5-8H2. The van der Waals surface area contributed by atoms with Crippen LogP contribution < -0.4 is 16.0 Å². The van der Waals surface area contributed by atoms with Gasteiger partial charge in [0.15, 0.2) is 12.1 Å². The van der Waals surface area contributed by atoms with Crippen molar-refractivity contribution < 1.29 is 19.8 Å². The largest absolute Gasteiger partial charge is 0.507 e. The van der Waals surface area contributed by atoms with E-state index in [1.165, 1.54) is 6.07 Å². The second-order valence-corrected chi connectivity index (χ2v) is 7.93. The first kappa shape index (κ1) is 27.6. The Morgan fingerprint density at radius 1 is 0.914 bits per heavy atom. The van der Waals surface area contributed by atoms with Gasteiger partial charge in [0.1, 0.15) is 5.75 Å². The molecule has 0 amide bonds. The van der Waals surface area contributed by atoms with Crippen LogP contribution >= 0.6 is 0 Å². The van der Waals surface area contributed by atoms with Crippen LogP contribution in [0.5, 0.6) is 5.75 Å². The molecule has 0 spiro atoms. The van der Waals surface area contributed by atoms with Gasteiger partial charge in [-0.2, -0.15) is 0 Å². The smallest absolute Gasteiger partial charge is 0.161 e. The minimum atomic E-state index is -0.00215. The van der Waals surface area contributed by atoms with E-state index in [1.54, 1.807) is 19.1 Å². The average Bonchev–Trinajstić information content (AvgIpc) is 2.89. The molecule has 0 saturated carbocycles. The number of ketones is 1. The van der Waals surface area contributed by atoms with Gasteiger partial charge < -0.3 is 26.2 Å². The minimum absolute atomic E-state index is 0.00215. The number of phenolic OH excluding ortho intramolecular Hbond substituents is 1. The van der Waals surface area contributed by atoms with Crippen molar-refractivity contribution in [1.29, 1.82) is 0 Å². The van der Waals surface area contributed by atoms with Crippen LogP contribution in [0.4, 0.5) is 11.4 Å². The molecule has 0 saturated heterocycles. The maximum atomic E-state index is 11.4. The Balaban J connectivity index is 0.000000247. The highest BCUT2D eigenvalue weighted by Crippen LogP contribution is 2.25. The number of unbranched alkanes of at least 4 members (excludes halogenated alkanes) is 1. The molecule has 3 rings (SSSR count). The first-order valence-corrected chi connectivity index (χ1v) is 11.7. The number of rotatable bonds is 12. The lowest BCUT2D eigenvalue weighted by Gasteiger charge is -2.09. The number of phenols is 1. The van der Waals surface area contributed by atoms with E-state index in [2.05, 4.69) is 28.1 Å². The third kappa shape index (κ3) is 9.23.